The van der Waals surface area contributed by atoms with E-state index >= 15 is 0 Å². The van der Waals surface area contributed by atoms with Gasteiger partial charge >= 0.3 is 0 Å². The average Bonchev–Trinajstić information content (AvgIpc) is 2.75. The van der Waals surface area contributed by atoms with Crippen molar-refractivity contribution in [3.8, 4) is 0 Å². The molecule has 4 heterocycles. The van der Waals surface area contributed by atoms with Crippen molar-refractivity contribution in [3.05, 3.63) is 96.1 Å². The Hall–Kier alpha value is -2.60. The number of aromatic nitrogens is 2. The van der Waals surface area contributed by atoms with Crippen LogP contribution in [0.5, 0.6) is 0 Å². The number of hydrogen-bond acceptors (Lipinski definition) is 5. The maximum atomic E-state index is 10.2. The molecule has 2 aliphatic heterocycles. The molecule has 148 valence electrons. The zero-order valence-corrected chi connectivity index (χ0v) is 16.4. The predicted octanol–water partition coefficient (Wildman–Crippen LogP) is 2.69. The van der Waals surface area contributed by atoms with Gasteiger partial charge in [0.1, 0.15) is 0 Å². The third kappa shape index (κ3) is 3.25. The molecule has 2 saturated heterocycles. The quantitative estimate of drug-likeness (QED) is 0.706. The van der Waals surface area contributed by atoms with E-state index in [1.807, 2.05) is 30.9 Å². The largest absolute Gasteiger partial charge is 0.395 e. The SMILES string of the molecule is OC[C@@H]1[C@@H](c2ccccc2)C2(CN(Cc3cccnc3)C2)N1Cc1ccncc1. The molecule has 0 amide bonds. The first-order valence-corrected chi connectivity index (χ1v) is 10.2. The molecule has 2 aromatic heterocycles. The Labute approximate surface area is 171 Å². The highest BCUT2D eigenvalue weighted by Crippen LogP contribution is 2.54. The molecule has 1 N–H and O–H groups in total. The van der Waals surface area contributed by atoms with E-state index in [-0.39, 0.29) is 18.2 Å². The standard InChI is InChI=1S/C24H26N4O/c29-16-22-23(21-6-2-1-3-7-21)24(28(22)15-19-8-11-25-12-9-19)17-27(18-24)14-20-5-4-10-26-13-20/h1-13,22-23,29H,14-18H2/t22-,23-/m1/s1. The molecule has 0 radical (unpaired) electrons. The third-order valence-electron chi connectivity index (χ3n) is 6.51. The minimum atomic E-state index is 0.0697. The van der Waals surface area contributed by atoms with Crippen LogP contribution in [0.1, 0.15) is 22.6 Å². The number of pyridine rings is 2. The van der Waals surface area contributed by atoms with Gasteiger partial charge < -0.3 is 5.11 Å². The van der Waals surface area contributed by atoms with Crippen LogP contribution in [0, 0.1) is 0 Å². The zero-order valence-electron chi connectivity index (χ0n) is 16.4. The van der Waals surface area contributed by atoms with Crippen LogP contribution in [0.15, 0.2) is 79.4 Å². The Balaban J connectivity index is 1.40. The molecule has 5 nitrogen and oxygen atoms in total. The third-order valence-corrected chi connectivity index (χ3v) is 6.51. The first kappa shape index (κ1) is 18.4. The van der Waals surface area contributed by atoms with E-state index in [9.17, 15) is 5.11 Å². The van der Waals surface area contributed by atoms with Crippen LogP contribution in [-0.2, 0) is 13.1 Å². The Morgan fingerprint density at radius 3 is 2.34 bits per heavy atom. The summed E-state index contributed by atoms with van der Waals surface area (Å²) in [4.78, 5) is 13.4. The predicted molar refractivity (Wildman–Crippen MR) is 112 cm³/mol. The van der Waals surface area contributed by atoms with Crippen molar-refractivity contribution in [1.82, 2.24) is 19.8 Å². The summed E-state index contributed by atoms with van der Waals surface area (Å²) >= 11 is 0. The average molecular weight is 386 g/mol. The fourth-order valence-electron chi connectivity index (χ4n) is 5.29. The molecular weight excluding hydrogens is 360 g/mol. The summed E-state index contributed by atoms with van der Waals surface area (Å²) in [5.41, 5.74) is 3.89. The molecule has 5 rings (SSSR count). The highest BCUT2D eigenvalue weighted by atomic mass is 16.3. The molecule has 3 aromatic rings. The normalized spacial score (nSPS) is 23.5. The van der Waals surface area contributed by atoms with E-state index in [0.717, 1.165) is 26.2 Å². The second-order valence-electron chi connectivity index (χ2n) is 8.23. The van der Waals surface area contributed by atoms with Crippen LogP contribution in [0.2, 0.25) is 0 Å². The van der Waals surface area contributed by atoms with Gasteiger partial charge in [-0.2, -0.15) is 0 Å². The number of benzene rings is 1. The fourth-order valence-corrected chi connectivity index (χ4v) is 5.29. The Morgan fingerprint density at radius 2 is 1.66 bits per heavy atom. The van der Waals surface area contributed by atoms with E-state index in [1.54, 1.807) is 0 Å². The monoisotopic (exact) mass is 386 g/mol. The van der Waals surface area contributed by atoms with Gasteiger partial charge in [0.15, 0.2) is 0 Å². The molecule has 2 atom stereocenters. The van der Waals surface area contributed by atoms with E-state index in [1.165, 1.54) is 16.7 Å². The number of aliphatic hydroxyl groups excluding tert-OH is 1. The lowest BCUT2D eigenvalue weighted by atomic mass is 9.60. The minimum Gasteiger partial charge on any atom is -0.395 e. The summed E-state index contributed by atoms with van der Waals surface area (Å²) in [5.74, 6) is 0.348. The molecule has 5 heteroatoms. The van der Waals surface area contributed by atoms with Crippen molar-refractivity contribution in [1.29, 1.82) is 0 Å². The summed E-state index contributed by atoms with van der Waals surface area (Å²) in [6, 6.07) is 19.1. The maximum absolute atomic E-state index is 10.2. The molecule has 0 saturated carbocycles. The van der Waals surface area contributed by atoms with Crippen molar-refractivity contribution in [2.45, 2.75) is 30.6 Å². The van der Waals surface area contributed by atoms with Crippen molar-refractivity contribution < 1.29 is 5.11 Å². The summed E-state index contributed by atoms with van der Waals surface area (Å²) in [7, 11) is 0. The Bertz CT molecular complexity index is 929. The topological polar surface area (TPSA) is 52.5 Å². The first-order valence-electron chi connectivity index (χ1n) is 10.2. The first-order chi connectivity index (χ1) is 14.3. The molecule has 2 fully saturated rings. The number of hydrogen-bond donors (Lipinski definition) is 1. The van der Waals surface area contributed by atoms with Gasteiger partial charge in [-0.15, -0.1) is 0 Å². The lowest BCUT2D eigenvalue weighted by molar-refractivity contribution is -0.197. The van der Waals surface area contributed by atoms with Crippen molar-refractivity contribution in [3.63, 3.8) is 0 Å². The van der Waals surface area contributed by atoms with Gasteiger partial charge in [0.2, 0.25) is 0 Å². The van der Waals surface area contributed by atoms with E-state index in [2.05, 4.69) is 68.3 Å². The molecule has 0 bridgehead atoms. The van der Waals surface area contributed by atoms with Gasteiger partial charge in [0.05, 0.1) is 12.1 Å². The van der Waals surface area contributed by atoms with Crippen molar-refractivity contribution in [2.75, 3.05) is 19.7 Å². The van der Waals surface area contributed by atoms with Gasteiger partial charge in [0.25, 0.3) is 0 Å². The lowest BCUT2D eigenvalue weighted by Gasteiger charge is -2.71. The molecule has 2 aliphatic rings. The smallest absolute Gasteiger partial charge is 0.0593 e. The second-order valence-corrected chi connectivity index (χ2v) is 8.23. The number of rotatable bonds is 6. The van der Waals surface area contributed by atoms with Crippen molar-refractivity contribution >= 4 is 0 Å². The van der Waals surface area contributed by atoms with Gasteiger partial charge in [-0.05, 0) is 34.9 Å². The Morgan fingerprint density at radius 1 is 0.862 bits per heavy atom. The lowest BCUT2D eigenvalue weighted by Crippen LogP contribution is -2.83. The van der Waals surface area contributed by atoms with Crippen LogP contribution < -0.4 is 0 Å². The molecule has 1 aromatic carbocycles. The van der Waals surface area contributed by atoms with Crippen LogP contribution in [0.3, 0.4) is 0 Å². The molecular formula is C24H26N4O. The van der Waals surface area contributed by atoms with Gasteiger partial charge in [-0.3, -0.25) is 19.8 Å². The van der Waals surface area contributed by atoms with E-state index < -0.39 is 0 Å². The van der Waals surface area contributed by atoms with Gasteiger partial charge in [-0.1, -0.05) is 36.4 Å². The number of aliphatic hydroxyl groups is 1. The second kappa shape index (κ2) is 7.67. The van der Waals surface area contributed by atoms with Gasteiger partial charge in [0, 0.05) is 62.9 Å². The number of nitrogens with zero attached hydrogens (tertiary/aromatic N) is 4. The number of likely N-dealkylation sites (tertiary alicyclic amines) is 2. The highest BCUT2D eigenvalue weighted by Gasteiger charge is 2.65. The fraction of sp³-hybridized carbons (Fsp3) is 0.333. The van der Waals surface area contributed by atoms with E-state index in [0.29, 0.717) is 5.92 Å². The maximum Gasteiger partial charge on any atom is 0.0593 e. The minimum absolute atomic E-state index is 0.0697. The Kier molecular flexibility index (Phi) is 4.87. The summed E-state index contributed by atoms with van der Waals surface area (Å²) < 4.78 is 0. The van der Waals surface area contributed by atoms with Crippen LogP contribution in [0.25, 0.3) is 0 Å². The van der Waals surface area contributed by atoms with Crippen LogP contribution in [0.4, 0.5) is 0 Å². The van der Waals surface area contributed by atoms with Crippen LogP contribution >= 0.6 is 0 Å². The summed E-state index contributed by atoms with van der Waals surface area (Å²) in [5, 5.41) is 10.2. The van der Waals surface area contributed by atoms with E-state index in [4.69, 9.17) is 0 Å². The molecule has 1 spiro atoms. The van der Waals surface area contributed by atoms with Crippen LogP contribution in [-0.4, -0.2) is 56.2 Å². The summed E-state index contributed by atoms with van der Waals surface area (Å²) in [6.45, 7) is 3.95. The molecule has 0 unspecified atom stereocenters. The summed E-state index contributed by atoms with van der Waals surface area (Å²) in [6.07, 6.45) is 7.46. The van der Waals surface area contributed by atoms with Crippen molar-refractivity contribution in [2.24, 2.45) is 0 Å². The van der Waals surface area contributed by atoms with Gasteiger partial charge in [-0.25, -0.2) is 0 Å². The molecule has 29 heavy (non-hydrogen) atoms. The zero-order chi connectivity index (χ0) is 19.7. The molecule has 0 aliphatic carbocycles. The highest BCUT2D eigenvalue weighted by molar-refractivity contribution is 5.36.